The number of halogens is 4. The fourth-order valence-corrected chi connectivity index (χ4v) is 2.71. The Labute approximate surface area is 163 Å². The van der Waals surface area contributed by atoms with Crippen molar-refractivity contribution in [2.24, 2.45) is 0 Å². The summed E-state index contributed by atoms with van der Waals surface area (Å²) in [6, 6.07) is 10.2. The van der Waals surface area contributed by atoms with Gasteiger partial charge in [-0.2, -0.15) is 18.2 Å². The Hall–Kier alpha value is -2.87. The number of benzene rings is 2. The molecular formula is C19H15ClF3N3O2. The number of aryl methyl sites for hydroxylation is 1. The second-order valence-corrected chi connectivity index (χ2v) is 6.28. The minimum Gasteiger partial charge on any atom is -0.467 e. The van der Waals surface area contributed by atoms with Gasteiger partial charge in [0.15, 0.2) is 6.61 Å². The zero-order valence-electron chi connectivity index (χ0n) is 14.7. The molecule has 0 aliphatic heterocycles. The van der Waals surface area contributed by atoms with Crippen LogP contribution in [0.15, 0.2) is 42.5 Å². The van der Waals surface area contributed by atoms with Crippen molar-refractivity contribution in [2.75, 3.05) is 11.9 Å². The summed E-state index contributed by atoms with van der Waals surface area (Å²) >= 11 is 5.63. The molecule has 9 heteroatoms. The lowest BCUT2D eigenvalue weighted by atomic mass is 10.1. The minimum absolute atomic E-state index is 0.0823. The molecule has 0 unspecified atom stereocenters. The highest BCUT2D eigenvalue weighted by molar-refractivity contribution is 6.30. The minimum atomic E-state index is -4.66. The number of nitrogens with zero attached hydrogens (tertiary/aromatic N) is 2. The quantitative estimate of drug-likeness (QED) is 0.652. The molecule has 5 nitrogen and oxygen atoms in total. The number of fused-ring (bicyclic) bond motifs is 1. The number of hydrogen-bond acceptors (Lipinski definition) is 4. The van der Waals surface area contributed by atoms with Gasteiger partial charge in [-0.1, -0.05) is 30.7 Å². The molecule has 146 valence electrons. The Morgan fingerprint density at radius 1 is 1.18 bits per heavy atom. The first-order valence-corrected chi connectivity index (χ1v) is 8.70. The van der Waals surface area contributed by atoms with Crippen molar-refractivity contribution in [1.82, 2.24) is 9.97 Å². The van der Waals surface area contributed by atoms with Crippen LogP contribution < -0.4 is 10.1 Å². The molecule has 0 spiro atoms. The standard InChI is InChI=1S/C19H15ClF3N3O2/c1-2-16-24-14-6-4-3-5-12(14)18(26-16)28-10-17(27)25-15-8-7-11(20)9-13(15)19(21,22)23/h3-9H,2,10H2,1H3,(H,25,27). The van der Waals surface area contributed by atoms with E-state index in [9.17, 15) is 18.0 Å². The Morgan fingerprint density at radius 3 is 2.64 bits per heavy atom. The number of ether oxygens (including phenoxy) is 1. The average Bonchev–Trinajstić information content (AvgIpc) is 2.66. The van der Waals surface area contributed by atoms with Crippen LogP contribution in [0.5, 0.6) is 5.88 Å². The molecule has 1 amide bonds. The number of rotatable bonds is 5. The molecule has 0 aliphatic rings. The van der Waals surface area contributed by atoms with Gasteiger partial charge in [0, 0.05) is 11.4 Å². The van der Waals surface area contributed by atoms with Gasteiger partial charge in [0.1, 0.15) is 5.82 Å². The zero-order chi connectivity index (χ0) is 20.3. The van der Waals surface area contributed by atoms with E-state index in [1.807, 2.05) is 13.0 Å². The summed E-state index contributed by atoms with van der Waals surface area (Å²) in [7, 11) is 0. The van der Waals surface area contributed by atoms with Crippen LogP contribution in [0, 0.1) is 0 Å². The summed E-state index contributed by atoms with van der Waals surface area (Å²) in [6.45, 7) is 1.36. The third-order valence-electron chi connectivity index (χ3n) is 3.83. The van der Waals surface area contributed by atoms with Gasteiger partial charge < -0.3 is 10.1 Å². The van der Waals surface area contributed by atoms with Crippen molar-refractivity contribution in [3.05, 3.63) is 58.9 Å². The van der Waals surface area contributed by atoms with Crippen LogP contribution in [-0.4, -0.2) is 22.5 Å². The van der Waals surface area contributed by atoms with Crippen LogP contribution in [0.25, 0.3) is 10.9 Å². The number of carbonyl (C=O) groups is 1. The van der Waals surface area contributed by atoms with Gasteiger partial charge in [-0.15, -0.1) is 0 Å². The second kappa shape index (κ2) is 8.02. The van der Waals surface area contributed by atoms with Crippen LogP contribution in [-0.2, 0) is 17.4 Å². The van der Waals surface area contributed by atoms with Crippen LogP contribution in [0.4, 0.5) is 18.9 Å². The fraction of sp³-hybridized carbons (Fsp3) is 0.211. The van der Waals surface area contributed by atoms with Crippen LogP contribution in [0.1, 0.15) is 18.3 Å². The summed E-state index contributed by atoms with van der Waals surface area (Å²) in [4.78, 5) is 20.8. The maximum atomic E-state index is 13.1. The Balaban J connectivity index is 1.78. The molecule has 0 saturated carbocycles. The maximum absolute atomic E-state index is 13.1. The molecule has 2 aromatic carbocycles. The smallest absolute Gasteiger partial charge is 0.418 e. The van der Waals surface area contributed by atoms with E-state index in [1.54, 1.807) is 18.2 Å². The zero-order valence-corrected chi connectivity index (χ0v) is 15.4. The Kier molecular flexibility index (Phi) is 5.69. The van der Waals surface area contributed by atoms with E-state index in [-0.39, 0.29) is 10.9 Å². The van der Waals surface area contributed by atoms with Gasteiger partial charge >= 0.3 is 6.18 Å². The van der Waals surface area contributed by atoms with Gasteiger partial charge in [-0.05, 0) is 30.3 Å². The van der Waals surface area contributed by atoms with Gasteiger partial charge in [-0.25, -0.2) is 4.98 Å². The maximum Gasteiger partial charge on any atom is 0.418 e. The lowest BCUT2D eigenvalue weighted by Crippen LogP contribution is -2.22. The van der Waals surface area contributed by atoms with Gasteiger partial charge in [-0.3, -0.25) is 4.79 Å². The molecule has 1 N–H and O–H groups in total. The highest BCUT2D eigenvalue weighted by Gasteiger charge is 2.34. The van der Waals surface area contributed by atoms with Gasteiger partial charge in [0.05, 0.1) is 22.2 Å². The predicted octanol–water partition coefficient (Wildman–Crippen LogP) is 4.88. The number of anilines is 1. The third kappa shape index (κ3) is 4.51. The van der Waals surface area contributed by atoms with Gasteiger partial charge in [0.2, 0.25) is 5.88 Å². The van der Waals surface area contributed by atoms with E-state index in [0.717, 1.165) is 12.1 Å². The predicted molar refractivity (Wildman–Crippen MR) is 99.5 cm³/mol. The van der Waals surface area contributed by atoms with Crippen molar-refractivity contribution < 1.29 is 22.7 Å². The summed E-state index contributed by atoms with van der Waals surface area (Å²) in [5, 5.41) is 2.73. The Morgan fingerprint density at radius 2 is 1.93 bits per heavy atom. The second-order valence-electron chi connectivity index (χ2n) is 5.84. The molecule has 0 bridgehead atoms. The molecule has 3 aromatic rings. The monoisotopic (exact) mass is 409 g/mol. The molecule has 0 aliphatic carbocycles. The molecule has 1 aromatic heterocycles. The highest BCUT2D eigenvalue weighted by atomic mass is 35.5. The SMILES string of the molecule is CCc1nc(OCC(=O)Nc2ccc(Cl)cc2C(F)(F)F)c2ccccc2n1. The number of alkyl halides is 3. The van der Waals surface area contributed by atoms with Crippen LogP contribution in [0.3, 0.4) is 0 Å². The summed E-state index contributed by atoms with van der Waals surface area (Å²) in [5.74, 6) is -0.0236. The van der Waals surface area contributed by atoms with Crippen molar-refractivity contribution in [3.63, 3.8) is 0 Å². The lowest BCUT2D eigenvalue weighted by Gasteiger charge is -2.14. The van der Waals surface area contributed by atoms with Crippen molar-refractivity contribution in [2.45, 2.75) is 19.5 Å². The number of aromatic nitrogens is 2. The molecule has 0 atom stereocenters. The average molecular weight is 410 g/mol. The van der Waals surface area contributed by atoms with E-state index in [1.165, 1.54) is 6.07 Å². The molecule has 1 heterocycles. The van der Waals surface area contributed by atoms with E-state index < -0.39 is 29.9 Å². The van der Waals surface area contributed by atoms with Crippen LogP contribution >= 0.6 is 11.6 Å². The van der Waals surface area contributed by atoms with E-state index in [0.29, 0.717) is 23.1 Å². The molecule has 0 fully saturated rings. The van der Waals surface area contributed by atoms with Gasteiger partial charge in [0.25, 0.3) is 5.91 Å². The topological polar surface area (TPSA) is 64.1 Å². The number of nitrogens with one attached hydrogen (secondary N) is 1. The first-order chi connectivity index (χ1) is 13.3. The third-order valence-corrected chi connectivity index (χ3v) is 4.07. The molecule has 28 heavy (non-hydrogen) atoms. The number of para-hydroxylation sites is 1. The lowest BCUT2D eigenvalue weighted by molar-refractivity contribution is -0.137. The van der Waals surface area contributed by atoms with Crippen molar-refractivity contribution >= 4 is 34.1 Å². The number of amides is 1. The fourth-order valence-electron chi connectivity index (χ4n) is 2.54. The normalized spacial score (nSPS) is 11.5. The number of hydrogen-bond donors (Lipinski definition) is 1. The highest BCUT2D eigenvalue weighted by Crippen LogP contribution is 2.36. The van der Waals surface area contributed by atoms with E-state index in [4.69, 9.17) is 16.3 Å². The summed E-state index contributed by atoms with van der Waals surface area (Å²) in [6.07, 6.45) is -4.10. The molecule has 0 saturated heterocycles. The first-order valence-electron chi connectivity index (χ1n) is 8.33. The van der Waals surface area contributed by atoms with E-state index in [2.05, 4.69) is 15.3 Å². The molecule has 0 radical (unpaired) electrons. The summed E-state index contributed by atoms with van der Waals surface area (Å²) < 4.78 is 44.9. The largest absolute Gasteiger partial charge is 0.467 e. The summed E-state index contributed by atoms with van der Waals surface area (Å²) in [5.41, 5.74) is -0.775. The molecule has 3 rings (SSSR count). The molecular weight excluding hydrogens is 395 g/mol. The number of carbonyl (C=O) groups excluding carboxylic acids is 1. The Bertz CT molecular complexity index is 1020. The first kappa shape index (κ1) is 19.9. The van der Waals surface area contributed by atoms with Crippen molar-refractivity contribution in [1.29, 1.82) is 0 Å². The van der Waals surface area contributed by atoms with Crippen LogP contribution in [0.2, 0.25) is 5.02 Å². The van der Waals surface area contributed by atoms with E-state index >= 15 is 0 Å². The van der Waals surface area contributed by atoms with Crippen molar-refractivity contribution in [3.8, 4) is 5.88 Å².